The third kappa shape index (κ3) is 1.02. The van der Waals surface area contributed by atoms with Crippen LogP contribution in [-0.4, -0.2) is 22.1 Å². The molecule has 10 heavy (non-hydrogen) atoms. The predicted octanol–water partition coefficient (Wildman–Crippen LogP) is 0.0195. The number of nitrogens with one attached hydrogen (secondary N) is 1. The molecular weight excluding hydrogens is 140 g/mol. The van der Waals surface area contributed by atoms with Gasteiger partial charge in [0.15, 0.2) is 0 Å². The van der Waals surface area contributed by atoms with E-state index in [9.17, 15) is 10.1 Å². The molecule has 0 amide bonds. The van der Waals surface area contributed by atoms with Crippen LogP contribution in [0.5, 0.6) is 0 Å². The van der Waals surface area contributed by atoms with Crippen molar-refractivity contribution in [3.8, 4) is 0 Å². The molecule has 7 nitrogen and oxygen atoms in total. The van der Waals surface area contributed by atoms with Crippen molar-refractivity contribution >= 4 is 12.0 Å². The molecule has 1 heterocycles. The van der Waals surface area contributed by atoms with Crippen molar-refractivity contribution in [3.05, 3.63) is 10.1 Å². The molecule has 0 radical (unpaired) electrons. The summed E-state index contributed by atoms with van der Waals surface area (Å²) >= 11 is 0. The lowest BCUT2D eigenvalue weighted by atomic mass is 11.0. The maximum atomic E-state index is 9.92. The number of nitro groups is 1. The third-order valence-electron chi connectivity index (χ3n) is 0.792. The number of nitrogens with zero attached hydrogens (tertiary/aromatic N) is 3. The number of hydrogen-bond acceptors (Lipinski definition) is 6. The molecule has 54 valence electrons. The summed E-state index contributed by atoms with van der Waals surface area (Å²) in [5.74, 6) is -0.538. The molecule has 0 saturated carbocycles. The molecule has 0 saturated heterocycles. The van der Waals surface area contributed by atoms with Gasteiger partial charge >= 0.3 is 12.0 Å². The van der Waals surface area contributed by atoms with Gasteiger partial charge in [0.25, 0.3) is 0 Å². The Morgan fingerprint density at radius 1 is 1.80 bits per heavy atom. The molecular formula is C3H4N4O3. The van der Waals surface area contributed by atoms with Crippen molar-refractivity contribution in [3.63, 3.8) is 0 Å². The number of hydrogen-bond donors (Lipinski definition) is 1. The zero-order valence-corrected chi connectivity index (χ0v) is 5.07. The minimum atomic E-state index is -0.732. The summed E-state index contributed by atoms with van der Waals surface area (Å²) in [6, 6.07) is 0.0340. The summed E-state index contributed by atoms with van der Waals surface area (Å²) in [6.45, 7) is 0. The molecule has 0 aliphatic rings. The molecule has 0 fully saturated rings. The Morgan fingerprint density at radius 2 is 2.50 bits per heavy atom. The molecule has 0 bridgehead atoms. The van der Waals surface area contributed by atoms with E-state index in [2.05, 4.69) is 20.0 Å². The smallest absolute Gasteiger partial charge is 0.390 e. The van der Waals surface area contributed by atoms with Crippen LogP contribution >= 0.6 is 0 Å². The number of aromatic nitrogens is 2. The van der Waals surface area contributed by atoms with E-state index in [1.807, 2.05) is 0 Å². The Morgan fingerprint density at radius 3 is 2.80 bits per heavy atom. The van der Waals surface area contributed by atoms with Gasteiger partial charge in [0.1, 0.15) is 5.16 Å². The van der Waals surface area contributed by atoms with E-state index in [1.54, 1.807) is 0 Å². The summed E-state index contributed by atoms with van der Waals surface area (Å²) < 4.78 is 4.36. The van der Waals surface area contributed by atoms with E-state index >= 15 is 0 Å². The van der Waals surface area contributed by atoms with E-state index in [4.69, 9.17) is 0 Å². The van der Waals surface area contributed by atoms with Gasteiger partial charge in [0.05, 0.1) is 0 Å². The van der Waals surface area contributed by atoms with E-state index in [1.165, 1.54) is 7.05 Å². The fourth-order valence-corrected chi connectivity index (χ4v) is 0.391. The van der Waals surface area contributed by atoms with Gasteiger partial charge in [-0.2, -0.15) is 0 Å². The Labute approximate surface area is 55.2 Å². The van der Waals surface area contributed by atoms with Gasteiger partial charge in [0, 0.05) is 7.05 Å². The molecule has 0 aliphatic heterocycles. The molecule has 1 aromatic heterocycles. The minimum Gasteiger partial charge on any atom is -0.390 e. The summed E-state index contributed by atoms with van der Waals surface area (Å²) in [5, 5.41) is 15.4. The van der Waals surface area contributed by atoms with Gasteiger partial charge in [-0.3, -0.25) is 0 Å². The summed E-state index contributed by atoms with van der Waals surface area (Å²) in [5.41, 5.74) is 0. The lowest BCUT2D eigenvalue weighted by Gasteiger charge is -1.80. The summed E-state index contributed by atoms with van der Waals surface area (Å²) in [7, 11) is 1.53. The predicted molar refractivity (Wildman–Crippen MR) is 30.5 cm³/mol. The first kappa shape index (κ1) is 6.46. The molecule has 1 rings (SSSR count). The van der Waals surface area contributed by atoms with Gasteiger partial charge in [-0.05, 0) is 9.91 Å². The summed E-state index contributed by atoms with van der Waals surface area (Å²) in [6.07, 6.45) is 0. The van der Waals surface area contributed by atoms with Crippen molar-refractivity contribution in [2.45, 2.75) is 0 Å². The van der Waals surface area contributed by atoms with Crippen LogP contribution in [0.25, 0.3) is 0 Å². The molecule has 0 unspecified atom stereocenters. The second-order valence-electron chi connectivity index (χ2n) is 1.41. The molecule has 1 aromatic rings. The largest absolute Gasteiger partial charge is 0.512 e. The monoisotopic (exact) mass is 144 g/mol. The minimum absolute atomic E-state index is 0.0340. The van der Waals surface area contributed by atoms with Crippen molar-refractivity contribution in [1.82, 2.24) is 10.1 Å². The molecule has 7 heteroatoms. The quantitative estimate of drug-likeness (QED) is 0.464. The first-order valence-electron chi connectivity index (χ1n) is 2.40. The second kappa shape index (κ2) is 2.29. The van der Waals surface area contributed by atoms with Crippen LogP contribution in [0.1, 0.15) is 0 Å². The normalized spacial score (nSPS) is 9.30. The number of anilines is 1. The van der Waals surface area contributed by atoms with Crippen molar-refractivity contribution < 1.29 is 9.45 Å². The first-order valence-corrected chi connectivity index (χ1v) is 2.40. The maximum Gasteiger partial charge on any atom is 0.512 e. The Kier molecular flexibility index (Phi) is 1.48. The second-order valence-corrected chi connectivity index (χ2v) is 1.41. The highest BCUT2D eigenvalue weighted by atomic mass is 16.6. The standard InChI is InChI=1S/C3H4N4O3/c1-4-3-5-2(6-10-3)7(8)9/h1H3,(H,4,5,6). The molecule has 1 N–H and O–H groups in total. The highest BCUT2D eigenvalue weighted by Crippen LogP contribution is 2.07. The van der Waals surface area contributed by atoms with Gasteiger partial charge in [-0.15, -0.1) is 0 Å². The van der Waals surface area contributed by atoms with E-state index in [0.29, 0.717) is 0 Å². The highest BCUT2D eigenvalue weighted by Gasteiger charge is 2.16. The molecule has 0 atom stereocenters. The van der Waals surface area contributed by atoms with Crippen LogP contribution in [0, 0.1) is 10.1 Å². The Hall–Kier alpha value is -1.66. The topological polar surface area (TPSA) is 94.1 Å². The molecule has 0 spiro atoms. The van der Waals surface area contributed by atoms with Crippen LogP contribution in [0.2, 0.25) is 0 Å². The summed E-state index contributed by atoms with van der Waals surface area (Å²) in [4.78, 5) is 12.5. The SMILES string of the molecule is CNc1nc([N+](=O)[O-])no1. The van der Waals surface area contributed by atoms with E-state index < -0.39 is 10.9 Å². The van der Waals surface area contributed by atoms with Gasteiger partial charge in [-0.25, -0.2) is 4.52 Å². The Bertz CT molecular complexity index is 244. The van der Waals surface area contributed by atoms with Crippen molar-refractivity contribution in [2.24, 2.45) is 0 Å². The maximum absolute atomic E-state index is 9.92. The van der Waals surface area contributed by atoms with Gasteiger partial charge < -0.3 is 15.4 Å². The van der Waals surface area contributed by atoms with Crippen molar-refractivity contribution in [2.75, 3.05) is 12.4 Å². The fraction of sp³-hybridized carbons (Fsp3) is 0.333. The van der Waals surface area contributed by atoms with Crippen LogP contribution in [0.3, 0.4) is 0 Å². The van der Waals surface area contributed by atoms with Crippen LogP contribution < -0.4 is 5.32 Å². The highest BCUT2D eigenvalue weighted by molar-refractivity contribution is 5.20. The van der Waals surface area contributed by atoms with Gasteiger partial charge in [0.2, 0.25) is 0 Å². The fourth-order valence-electron chi connectivity index (χ4n) is 0.391. The zero-order valence-electron chi connectivity index (χ0n) is 5.07. The third-order valence-corrected chi connectivity index (χ3v) is 0.792. The average Bonchev–Trinajstić information content (AvgIpc) is 2.34. The van der Waals surface area contributed by atoms with Crippen LogP contribution in [-0.2, 0) is 0 Å². The van der Waals surface area contributed by atoms with Crippen molar-refractivity contribution in [1.29, 1.82) is 0 Å². The Balaban J connectivity index is 2.88. The van der Waals surface area contributed by atoms with Crippen LogP contribution in [0.15, 0.2) is 4.52 Å². The zero-order chi connectivity index (χ0) is 7.56. The van der Waals surface area contributed by atoms with E-state index in [0.717, 1.165) is 0 Å². The average molecular weight is 144 g/mol. The lowest BCUT2D eigenvalue weighted by Crippen LogP contribution is -1.90. The number of rotatable bonds is 2. The molecule has 0 aromatic carbocycles. The lowest BCUT2D eigenvalue weighted by molar-refractivity contribution is -0.395. The molecule has 0 aliphatic carbocycles. The van der Waals surface area contributed by atoms with Crippen LogP contribution in [0.4, 0.5) is 12.0 Å². The first-order chi connectivity index (χ1) is 4.74. The van der Waals surface area contributed by atoms with Gasteiger partial charge in [-0.1, -0.05) is 0 Å². The van der Waals surface area contributed by atoms with E-state index in [-0.39, 0.29) is 6.01 Å².